The summed E-state index contributed by atoms with van der Waals surface area (Å²) in [6.07, 6.45) is 5.71. The average molecular weight is 498 g/mol. The van der Waals surface area contributed by atoms with Crippen molar-refractivity contribution in [1.82, 2.24) is 9.55 Å². The molecule has 37 heavy (non-hydrogen) atoms. The van der Waals surface area contributed by atoms with Gasteiger partial charge in [-0.2, -0.15) is 0 Å². The van der Waals surface area contributed by atoms with E-state index in [-0.39, 0.29) is 11.9 Å². The van der Waals surface area contributed by atoms with Crippen LogP contribution in [0.5, 0.6) is 0 Å². The molecule has 0 radical (unpaired) electrons. The fourth-order valence-electron chi connectivity index (χ4n) is 5.85. The fraction of sp³-hybridized carbons (Fsp3) is 0.355. The van der Waals surface area contributed by atoms with Gasteiger partial charge in [-0.1, -0.05) is 24.3 Å². The summed E-state index contributed by atoms with van der Waals surface area (Å²) >= 11 is 0. The summed E-state index contributed by atoms with van der Waals surface area (Å²) in [5.41, 5.74) is 7.28. The van der Waals surface area contributed by atoms with Crippen LogP contribution in [0.4, 0.5) is 4.39 Å². The van der Waals surface area contributed by atoms with E-state index in [4.69, 9.17) is 9.72 Å². The van der Waals surface area contributed by atoms with Gasteiger partial charge < -0.3 is 14.4 Å². The van der Waals surface area contributed by atoms with Gasteiger partial charge in [-0.3, -0.25) is 9.98 Å². The first-order valence-corrected chi connectivity index (χ1v) is 13.0. The Labute approximate surface area is 216 Å². The van der Waals surface area contributed by atoms with Crippen LogP contribution in [0.25, 0.3) is 27.5 Å². The number of hydrogen-bond acceptors (Lipinski definition) is 4. The molecule has 2 aliphatic heterocycles. The Hall–Kier alpha value is -3.35. The lowest BCUT2D eigenvalue weighted by Gasteiger charge is -2.33. The summed E-state index contributed by atoms with van der Waals surface area (Å²) in [4.78, 5) is 9.43. The van der Waals surface area contributed by atoms with Crippen LogP contribution >= 0.6 is 0 Å². The van der Waals surface area contributed by atoms with Crippen molar-refractivity contribution in [2.24, 2.45) is 10.9 Å². The van der Waals surface area contributed by atoms with Crippen molar-refractivity contribution in [2.75, 3.05) is 19.8 Å². The molecular weight excluding hydrogens is 465 g/mol. The van der Waals surface area contributed by atoms with Crippen molar-refractivity contribution < 1.29 is 14.2 Å². The third-order valence-corrected chi connectivity index (χ3v) is 7.87. The normalized spacial score (nSPS) is 17.9. The summed E-state index contributed by atoms with van der Waals surface area (Å²) < 4.78 is 22.1. The van der Waals surface area contributed by atoms with Crippen LogP contribution in [-0.2, 0) is 10.3 Å². The number of aliphatic hydroxyl groups is 1. The maximum absolute atomic E-state index is 14.0. The second kappa shape index (κ2) is 9.19. The number of aliphatic imine (C=N–C) groups is 1. The highest BCUT2D eigenvalue weighted by atomic mass is 19.1. The maximum atomic E-state index is 14.0. The zero-order valence-electron chi connectivity index (χ0n) is 21.5. The summed E-state index contributed by atoms with van der Waals surface area (Å²) in [7, 11) is 0. The minimum absolute atomic E-state index is 0.0362. The molecule has 1 atom stereocenters. The molecule has 2 aromatic carbocycles. The second-order valence-corrected chi connectivity index (χ2v) is 10.9. The highest BCUT2D eigenvalue weighted by molar-refractivity contribution is 6.14. The summed E-state index contributed by atoms with van der Waals surface area (Å²) in [5, 5.41) is 11.9. The molecule has 6 rings (SSSR count). The molecule has 0 spiro atoms. The first-order chi connectivity index (χ1) is 17.8. The van der Waals surface area contributed by atoms with Gasteiger partial charge in [-0.15, -0.1) is 0 Å². The number of benzene rings is 2. The first-order valence-electron chi connectivity index (χ1n) is 13.0. The van der Waals surface area contributed by atoms with Crippen LogP contribution in [0.2, 0.25) is 0 Å². The monoisotopic (exact) mass is 497 g/mol. The minimum Gasteiger partial charge on any atom is -0.386 e. The van der Waals surface area contributed by atoms with Gasteiger partial charge in [0.1, 0.15) is 5.82 Å². The van der Waals surface area contributed by atoms with Gasteiger partial charge >= 0.3 is 0 Å². The summed E-state index contributed by atoms with van der Waals surface area (Å²) in [6, 6.07) is 15.2. The van der Waals surface area contributed by atoms with E-state index < -0.39 is 5.60 Å². The van der Waals surface area contributed by atoms with Crippen LogP contribution in [0.3, 0.4) is 0 Å². The van der Waals surface area contributed by atoms with E-state index in [1.54, 1.807) is 12.1 Å². The number of halogens is 1. The van der Waals surface area contributed by atoms with Crippen molar-refractivity contribution in [3.05, 3.63) is 82.8 Å². The maximum Gasteiger partial charge on any atom is 0.123 e. The van der Waals surface area contributed by atoms with Gasteiger partial charge in [0.05, 0.1) is 34.7 Å². The van der Waals surface area contributed by atoms with Crippen LogP contribution in [-0.4, -0.2) is 40.6 Å². The van der Waals surface area contributed by atoms with Crippen molar-refractivity contribution in [2.45, 2.75) is 45.3 Å². The Morgan fingerprint density at radius 3 is 2.49 bits per heavy atom. The standard InChI is InChI=1S/C31H32FN3O2/c1-19-16-33-18-26(19)22-14-28-29(34-17-22)25-9-6-23(31(2,3)36)15-27(25)35(28)30(21-10-12-37-13-11-21)20-4-7-24(32)8-5-20/h4-9,14-15,17-18,21,30,36H,10-13,16H2,1-3H3. The Morgan fingerprint density at radius 2 is 1.81 bits per heavy atom. The molecular formula is C31H32FN3O2. The number of fused-ring (bicyclic) bond motifs is 3. The van der Waals surface area contributed by atoms with Crippen molar-refractivity contribution >= 4 is 33.7 Å². The molecule has 1 unspecified atom stereocenters. The lowest BCUT2D eigenvalue weighted by Crippen LogP contribution is -2.27. The van der Waals surface area contributed by atoms with Crippen LogP contribution in [0.1, 0.15) is 56.3 Å². The van der Waals surface area contributed by atoms with Gasteiger partial charge in [-0.05, 0) is 80.5 Å². The van der Waals surface area contributed by atoms with E-state index in [1.165, 1.54) is 5.57 Å². The molecule has 0 saturated carbocycles. The molecule has 190 valence electrons. The molecule has 1 fully saturated rings. The van der Waals surface area contributed by atoms with E-state index in [0.717, 1.165) is 57.0 Å². The van der Waals surface area contributed by atoms with Gasteiger partial charge in [0, 0.05) is 42.1 Å². The number of ether oxygens (including phenoxy) is 1. The lowest BCUT2D eigenvalue weighted by atomic mass is 9.86. The van der Waals surface area contributed by atoms with E-state index in [9.17, 15) is 9.50 Å². The number of hydrogen-bond donors (Lipinski definition) is 1. The predicted molar refractivity (Wildman–Crippen MR) is 147 cm³/mol. The van der Waals surface area contributed by atoms with E-state index in [2.05, 4.69) is 34.7 Å². The second-order valence-electron chi connectivity index (χ2n) is 10.9. The molecule has 1 N–H and O–H groups in total. The molecule has 2 aliphatic rings. The Kier molecular flexibility index (Phi) is 5.97. The molecule has 0 aliphatic carbocycles. The van der Waals surface area contributed by atoms with Gasteiger partial charge in [0.2, 0.25) is 0 Å². The average Bonchev–Trinajstić information content (AvgIpc) is 3.46. The van der Waals surface area contributed by atoms with Gasteiger partial charge in [0.15, 0.2) is 0 Å². The quantitative estimate of drug-likeness (QED) is 0.346. The van der Waals surface area contributed by atoms with Crippen LogP contribution in [0, 0.1) is 11.7 Å². The molecule has 2 aromatic heterocycles. The number of nitrogens with zero attached hydrogens (tertiary/aromatic N) is 3. The molecule has 4 heterocycles. The van der Waals surface area contributed by atoms with Crippen LogP contribution < -0.4 is 0 Å². The number of rotatable bonds is 5. The van der Waals surface area contributed by atoms with E-state index in [0.29, 0.717) is 25.7 Å². The van der Waals surface area contributed by atoms with Crippen molar-refractivity contribution in [1.29, 1.82) is 0 Å². The Morgan fingerprint density at radius 1 is 1.05 bits per heavy atom. The van der Waals surface area contributed by atoms with Gasteiger partial charge in [-0.25, -0.2) is 4.39 Å². The third kappa shape index (κ3) is 4.28. The molecule has 5 nitrogen and oxygen atoms in total. The molecule has 4 aromatic rings. The topological polar surface area (TPSA) is 59.6 Å². The minimum atomic E-state index is -0.986. The molecule has 6 heteroatoms. The smallest absolute Gasteiger partial charge is 0.123 e. The van der Waals surface area contributed by atoms with Crippen molar-refractivity contribution in [3.63, 3.8) is 0 Å². The highest BCUT2D eigenvalue weighted by Gasteiger charge is 2.31. The molecule has 0 amide bonds. The van der Waals surface area contributed by atoms with E-state index >= 15 is 0 Å². The third-order valence-electron chi connectivity index (χ3n) is 7.87. The fourth-order valence-corrected chi connectivity index (χ4v) is 5.85. The summed E-state index contributed by atoms with van der Waals surface area (Å²) in [5.74, 6) is 0.0642. The molecule has 1 saturated heterocycles. The van der Waals surface area contributed by atoms with Crippen molar-refractivity contribution in [3.8, 4) is 0 Å². The molecule has 0 bridgehead atoms. The number of aromatic nitrogens is 2. The van der Waals surface area contributed by atoms with Gasteiger partial charge in [0.25, 0.3) is 0 Å². The zero-order valence-corrected chi connectivity index (χ0v) is 21.5. The Balaban J connectivity index is 1.68. The lowest BCUT2D eigenvalue weighted by molar-refractivity contribution is 0.0552. The largest absolute Gasteiger partial charge is 0.386 e. The predicted octanol–water partition coefficient (Wildman–Crippen LogP) is 6.43. The number of pyridine rings is 1. The highest BCUT2D eigenvalue weighted by Crippen LogP contribution is 2.42. The first kappa shape index (κ1) is 24.0. The van der Waals surface area contributed by atoms with Crippen LogP contribution in [0.15, 0.2) is 65.3 Å². The SMILES string of the molecule is CC1=C(c2cnc3c4ccc(C(C)(C)O)cc4n(C(c4ccc(F)cc4)C4CCOCC4)c3c2)C=NC1. The summed E-state index contributed by atoms with van der Waals surface area (Å²) in [6.45, 7) is 7.86. The van der Waals surface area contributed by atoms with E-state index in [1.807, 2.05) is 44.5 Å². The number of allylic oxidation sites excluding steroid dienone is 1. The Bertz CT molecular complexity index is 1540. The zero-order chi connectivity index (χ0) is 25.7.